The fourth-order valence-corrected chi connectivity index (χ4v) is 2.38. The highest BCUT2D eigenvalue weighted by atomic mass is 79.9. The van der Waals surface area contributed by atoms with E-state index in [-0.39, 0.29) is 12.3 Å². The molecule has 1 aromatic carbocycles. The van der Waals surface area contributed by atoms with Crippen LogP contribution in [0.2, 0.25) is 0 Å². The third kappa shape index (κ3) is 4.01. The highest BCUT2D eigenvalue weighted by molar-refractivity contribution is 9.10. The van der Waals surface area contributed by atoms with Crippen molar-refractivity contribution >= 4 is 39.9 Å². The van der Waals surface area contributed by atoms with E-state index in [1.807, 2.05) is 0 Å². The van der Waals surface area contributed by atoms with E-state index in [0.29, 0.717) is 21.5 Å². The van der Waals surface area contributed by atoms with Crippen molar-refractivity contribution in [3.05, 3.63) is 27.9 Å². The molecule has 23 heavy (non-hydrogen) atoms. The SMILES string of the molecule is COC(=O)COc1c(Br)cc(/C=C2\NC(=O)NC2=O)cc1OC. The number of carbonyl (C=O) groups excluding carboxylic acids is 3. The number of hydrogen-bond acceptors (Lipinski definition) is 6. The molecule has 0 radical (unpaired) electrons. The summed E-state index contributed by atoms with van der Waals surface area (Å²) >= 11 is 3.31. The van der Waals surface area contributed by atoms with Gasteiger partial charge in [0.25, 0.3) is 5.91 Å². The van der Waals surface area contributed by atoms with Gasteiger partial charge in [-0.1, -0.05) is 0 Å². The van der Waals surface area contributed by atoms with E-state index in [2.05, 4.69) is 31.3 Å². The first kappa shape index (κ1) is 16.8. The van der Waals surface area contributed by atoms with Crippen molar-refractivity contribution in [3.8, 4) is 11.5 Å². The Balaban J connectivity index is 2.29. The Morgan fingerprint density at radius 1 is 1.26 bits per heavy atom. The lowest BCUT2D eigenvalue weighted by Crippen LogP contribution is -2.22. The maximum Gasteiger partial charge on any atom is 0.343 e. The van der Waals surface area contributed by atoms with Gasteiger partial charge in [-0.15, -0.1) is 0 Å². The fourth-order valence-electron chi connectivity index (χ4n) is 1.80. The topological polar surface area (TPSA) is 103 Å². The first-order valence-electron chi connectivity index (χ1n) is 6.35. The Morgan fingerprint density at radius 2 is 2.00 bits per heavy atom. The second-order valence-corrected chi connectivity index (χ2v) is 5.22. The Labute approximate surface area is 139 Å². The minimum atomic E-state index is -0.578. The van der Waals surface area contributed by atoms with E-state index in [9.17, 15) is 14.4 Å². The average Bonchev–Trinajstić information content (AvgIpc) is 2.82. The van der Waals surface area contributed by atoms with Gasteiger partial charge in [-0.05, 0) is 39.7 Å². The van der Waals surface area contributed by atoms with Crippen LogP contribution in [0, 0.1) is 0 Å². The number of ether oxygens (including phenoxy) is 3. The summed E-state index contributed by atoms with van der Waals surface area (Å²) in [7, 11) is 2.70. The maximum absolute atomic E-state index is 11.5. The van der Waals surface area contributed by atoms with Crippen LogP contribution in [0.1, 0.15) is 5.56 Å². The van der Waals surface area contributed by atoms with Crippen LogP contribution in [0.4, 0.5) is 4.79 Å². The summed E-state index contributed by atoms with van der Waals surface area (Å²) in [5, 5.41) is 4.49. The summed E-state index contributed by atoms with van der Waals surface area (Å²) in [5.74, 6) is -0.383. The van der Waals surface area contributed by atoms with E-state index in [0.717, 1.165) is 0 Å². The van der Waals surface area contributed by atoms with Gasteiger partial charge in [0.05, 0.1) is 18.7 Å². The second kappa shape index (κ2) is 7.14. The van der Waals surface area contributed by atoms with Gasteiger partial charge in [0.1, 0.15) is 5.70 Å². The van der Waals surface area contributed by atoms with Gasteiger partial charge in [0, 0.05) is 0 Å². The summed E-state index contributed by atoms with van der Waals surface area (Å²) in [5.41, 5.74) is 0.707. The molecular weight excluding hydrogens is 372 g/mol. The zero-order valence-electron chi connectivity index (χ0n) is 12.3. The Bertz CT molecular complexity index is 701. The molecule has 9 heteroatoms. The lowest BCUT2D eigenvalue weighted by Gasteiger charge is -2.13. The standard InChI is InChI=1S/C14H13BrN2O6/c1-21-10-5-7(4-9-13(19)17-14(20)16-9)3-8(15)12(10)23-6-11(18)22-2/h3-5H,6H2,1-2H3,(H2,16,17,19,20)/b9-4-. The van der Waals surface area contributed by atoms with Crippen LogP contribution >= 0.6 is 15.9 Å². The molecule has 8 nitrogen and oxygen atoms in total. The molecule has 1 saturated heterocycles. The number of methoxy groups -OCH3 is 2. The predicted molar refractivity (Wildman–Crippen MR) is 82.9 cm³/mol. The van der Waals surface area contributed by atoms with E-state index in [1.165, 1.54) is 20.3 Å². The van der Waals surface area contributed by atoms with Crippen LogP contribution in [-0.2, 0) is 14.3 Å². The highest BCUT2D eigenvalue weighted by Crippen LogP contribution is 2.37. The number of urea groups is 1. The zero-order valence-corrected chi connectivity index (χ0v) is 13.9. The number of benzene rings is 1. The summed E-state index contributed by atoms with van der Waals surface area (Å²) in [6.07, 6.45) is 1.48. The van der Waals surface area contributed by atoms with Crippen molar-refractivity contribution < 1.29 is 28.6 Å². The van der Waals surface area contributed by atoms with Crippen LogP contribution in [0.5, 0.6) is 11.5 Å². The number of carbonyl (C=O) groups is 3. The molecule has 0 atom stereocenters. The molecule has 1 aliphatic rings. The quantitative estimate of drug-likeness (QED) is 0.449. The molecule has 2 N–H and O–H groups in total. The molecule has 122 valence electrons. The predicted octanol–water partition coefficient (Wildman–Crippen LogP) is 1.19. The first-order valence-corrected chi connectivity index (χ1v) is 7.15. The van der Waals surface area contributed by atoms with E-state index in [1.54, 1.807) is 12.1 Å². The third-order valence-corrected chi connectivity index (χ3v) is 3.43. The molecule has 0 aromatic heterocycles. The zero-order chi connectivity index (χ0) is 17.0. The van der Waals surface area contributed by atoms with Gasteiger partial charge in [-0.2, -0.15) is 0 Å². The maximum atomic E-state index is 11.5. The molecule has 1 aromatic rings. The van der Waals surface area contributed by atoms with Gasteiger partial charge < -0.3 is 19.5 Å². The average molecular weight is 385 g/mol. The molecule has 1 heterocycles. The number of amides is 3. The smallest absolute Gasteiger partial charge is 0.343 e. The van der Waals surface area contributed by atoms with Crippen molar-refractivity contribution in [2.24, 2.45) is 0 Å². The number of esters is 1. The lowest BCUT2D eigenvalue weighted by molar-refractivity contribution is -0.142. The summed E-state index contributed by atoms with van der Waals surface area (Å²) in [6, 6.07) is 2.67. The molecule has 2 rings (SSSR count). The summed E-state index contributed by atoms with van der Waals surface area (Å²) in [4.78, 5) is 33.8. The van der Waals surface area contributed by atoms with Gasteiger partial charge in [0.15, 0.2) is 18.1 Å². The van der Waals surface area contributed by atoms with Gasteiger partial charge >= 0.3 is 12.0 Å². The van der Waals surface area contributed by atoms with E-state index >= 15 is 0 Å². The molecule has 0 saturated carbocycles. The number of nitrogens with one attached hydrogen (secondary N) is 2. The van der Waals surface area contributed by atoms with Crippen molar-refractivity contribution in [1.29, 1.82) is 0 Å². The minimum Gasteiger partial charge on any atom is -0.493 e. The van der Waals surface area contributed by atoms with Gasteiger partial charge in [-0.3, -0.25) is 10.1 Å². The van der Waals surface area contributed by atoms with Crippen molar-refractivity contribution in [3.63, 3.8) is 0 Å². The molecule has 0 bridgehead atoms. The van der Waals surface area contributed by atoms with Crippen molar-refractivity contribution in [2.75, 3.05) is 20.8 Å². The Kier molecular flexibility index (Phi) is 5.22. The van der Waals surface area contributed by atoms with E-state index < -0.39 is 17.9 Å². The second-order valence-electron chi connectivity index (χ2n) is 4.37. The van der Waals surface area contributed by atoms with Crippen LogP contribution in [-0.4, -0.2) is 38.7 Å². The largest absolute Gasteiger partial charge is 0.493 e. The lowest BCUT2D eigenvalue weighted by atomic mass is 10.1. The van der Waals surface area contributed by atoms with Crippen LogP contribution < -0.4 is 20.1 Å². The van der Waals surface area contributed by atoms with E-state index in [4.69, 9.17) is 9.47 Å². The van der Waals surface area contributed by atoms with Crippen LogP contribution in [0.15, 0.2) is 22.3 Å². The fraction of sp³-hybridized carbons (Fsp3) is 0.214. The van der Waals surface area contributed by atoms with Crippen LogP contribution in [0.25, 0.3) is 6.08 Å². The Hall–Kier alpha value is -2.55. The molecule has 3 amide bonds. The van der Waals surface area contributed by atoms with Gasteiger partial charge in [0.2, 0.25) is 0 Å². The molecule has 0 unspecified atom stereocenters. The Morgan fingerprint density at radius 3 is 2.57 bits per heavy atom. The van der Waals surface area contributed by atoms with Crippen molar-refractivity contribution in [1.82, 2.24) is 10.6 Å². The van der Waals surface area contributed by atoms with Crippen molar-refractivity contribution in [2.45, 2.75) is 0 Å². The molecule has 0 aliphatic carbocycles. The summed E-state index contributed by atoms with van der Waals surface area (Å²) < 4.78 is 15.6. The molecular formula is C14H13BrN2O6. The number of halogens is 1. The normalized spacial score (nSPS) is 15.2. The summed E-state index contributed by atoms with van der Waals surface area (Å²) in [6.45, 7) is -0.273. The number of rotatable bonds is 5. The number of imide groups is 1. The van der Waals surface area contributed by atoms with Crippen LogP contribution in [0.3, 0.4) is 0 Å². The molecule has 0 spiro atoms. The highest BCUT2D eigenvalue weighted by Gasteiger charge is 2.23. The number of hydrogen-bond donors (Lipinski definition) is 2. The minimum absolute atomic E-state index is 0.118. The monoisotopic (exact) mass is 384 g/mol. The van der Waals surface area contributed by atoms with Gasteiger partial charge in [-0.25, -0.2) is 9.59 Å². The molecule has 1 fully saturated rings. The molecule has 1 aliphatic heterocycles. The third-order valence-electron chi connectivity index (χ3n) is 2.84. The first-order chi connectivity index (χ1) is 10.9.